The lowest BCUT2D eigenvalue weighted by molar-refractivity contribution is -0.131. The number of aliphatic imine (C=N–C) groups is 1. The number of aliphatic carboxylic acids is 1. The molecular formula is C28H25F2N3O2. The second-order valence-electron chi connectivity index (χ2n) is 8.17. The highest BCUT2D eigenvalue weighted by Gasteiger charge is 2.33. The van der Waals surface area contributed by atoms with Crippen LogP contribution in [0, 0.1) is 11.6 Å². The number of fused-ring (bicyclic) bond motifs is 1. The number of anilines is 1. The van der Waals surface area contributed by atoms with Crippen molar-refractivity contribution in [3.8, 4) is 0 Å². The number of halogens is 2. The topological polar surface area (TPSA) is 78.9 Å². The van der Waals surface area contributed by atoms with Gasteiger partial charge in [0.25, 0.3) is 0 Å². The average Bonchev–Trinajstić information content (AvgIpc) is 2.86. The molecule has 0 saturated carbocycles. The molecule has 1 heterocycles. The number of hydrogen-bond acceptors (Lipinski definition) is 4. The predicted octanol–water partition coefficient (Wildman–Crippen LogP) is 5.21. The van der Waals surface area contributed by atoms with Gasteiger partial charge in [0.05, 0.1) is 11.6 Å². The summed E-state index contributed by atoms with van der Waals surface area (Å²) >= 11 is 0. The first-order valence-corrected chi connectivity index (χ1v) is 11.1. The third kappa shape index (κ3) is 4.99. The maximum Gasteiger partial charge on any atom is 0.328 e. The van der Waals surface area contributed by atoms with Crippen molar-refractivity contribution in [1.82, 2.24) is 0 Å². The number of rotatable bonds is 6. The monoisotopic (exact) mass is 473 g/mol. The van der Waals surface area contributed by atoms with Gasteiger partial charge in [-0.1, -0.05) is 36.4 Å². The van der Waals surface area contributed by atoms with Crippen molar-refractivity contribution in [2.75, 3.05) is 18.5 Å². The molecule has 0 fully saturated rings. The molecule has 3 aromatic carbocycles. The van der Waals surface area contributed by atoms with E-state index in [9.17, 15) is 4.79 Å². The second-order valence-corrected chi connectivity index (χ2v) is 8.17. The third-order valence-electron chi connectivity index (χ3n) is 6.03. The average molecular weight is 474 g/mol. The Morgan fingerprint density at radius 1 is 1.11 bits per heavy atom. The molecule has 178 valence electrons. The Balaban J connectivity index is 1.87. The summed E-state index contributed by atoms with van der Waals surface area (Å²) in [4.78, 5) is 16.9. The summed E-state index contributed by atoms with van der Waals surface area (Å²) in [6.07, 6.45) is 5.85. The molecule has 0 aromatic heterocycles. The zero-order valence-electron chi connectivity index (χ0n) is 19.2. The van der Waals surface area contributed by atoms with Gasteiger partial charge in [-0.2, -0.15) is 0 Å². The molecule has 3 N–H and O–H groups in total. The van der Waals surface area contributed by atoms with Gasteiger partial charge in [0.15, 0.2) is 0 Å². The maximum absolute atomic E-state index is 15.5. The lowest BCUT2D eigenvalue weighted by Gasteiger charge is -2.40. The van der Waals surface area contributed by atoms with E-state index in [1.807, 2.05) is 53.4 Å². The van der Waals surface area contributed by atoms with Crippen molar-refractivity contribution in [3.05, 3.63) is 112 Å². The van der Waals surface area contributed by atoms with Gasteiger partial charge >= 0.3 is 5.97 Å². The normalized spacial score (nSPS) is 16.1. The van der Waals surface area contributed by atoms with Crippen LogP contribution < -0.4 is 10.6 Å². The van der Waals surface area contributed by atoms with Crippen molar-refractivity contribution in [1.29, 1.82) is 0 Å². The van der Waals surface area contributed by atoms with Gasteiger partial charge in [-0.3, -0.25) is 4.99 Å². The molecule has 0 saturated heterocycles. The fourth-order valence-electron chi connectivity index (χ4n) is 4.50. The molecule has 5 nitrogen and oxygen atoms in total. The van der Waals surface area contributed by atoms with E-state index in [4.69, 9.17) is 10.8 Å². The van der Waals surface area contributed by atoms with Gasteiger partial charge in [0.2, 0.25) is 0 Å². The predicted molar refractivity (Wildman–Crippen MR) is 135 cm³/mol. The summed E-state index contributed by atoms with van der Waals surface area (Å²) in [5.74, 6) is -2.67. The van der Waals surface area contributed by atoms with E-state index in [1.54, 1.807) is 13.3 Å². The summed E-state index contributed by atoms with van der Waals surface area (Å²) in [5.41, 5.74) is 10.1. The van der Waals surface area contributed by atoms with Crippen molar-refractivity contribution >= 4 is 29.5 Å². The van der Waals surface area contributed by atoms with E-state index in [0.717, 1.165) is 46.2 Å². The second kappa shape index (κ2) is 10.3. The van der Waals surface area contributed by atoms with Gasteiger partial charge in [0.1, 0.15) is 11.6 Å². The van der Waals surface area contributed by atoms with Crippen LogP contribution in [0.4, 0.5) is 14.5 Å². The summed E-state index contributed by atoms with van der Waals surface area (Å²) in [6.45, 7) is 0.550. The van der Waals surface area contributed by atoms with Gasteiger partial charge in [-0.25, -0.2) is 13.6 Å². The lowest BCUT2D eigenvalue weighted by Crippen LogP contribution is -2.37. The van der Waals surface area contributed by atoms with E-state index in [0.29, 0.717) is 13.0 Å². The molecule has 0 spiro atoms. The summed E-state index contributed by atoms with van der Waals surface area (Å²) in [6, 6.07) is 16.9. The highest BCUT2D eigenvalue weighted by molar-refractivity contribution is 6.09. The molecular weight excluding hydrogens is 448 g/mol. The zero-order valence-corrected chi connectivity index (χ0v) is 19.2. The number of allylic oxidation sites excluding steroid dienone is 1. The van der Waals surface area contributed by atoms with E-state index in [1.165, 1.54) is 12.3 Å². The molecule has 7 heteroatoms. The van der Waals surface area contributed by atoms with Crippen LogP contribution in [-0.2, 0) is 11.2 Å². The zero-order chi connectivity index (χ0) is 24.9. The van der Waals surface area contributed by atoms with Gasteiger partial charge < -0.3 is 15.7 Å². The van der Waals surface area contributed by atoms with Crippen LogP contribution in [-0.4, -0.2) is 30.9 Å². The van der Waals surface area contributed by atoms with Gasteiger partial charge in [-0.15, -0.1) is 0 Å². The molecule has 0 radical (unpaired) electrons. The number of para-hydroxylation sites is 1. The summed E-state index contributed by atoms with van der Waals surface area (Å²) < 4.78 is 30.9. The van der Waals surface area contributed by atoms with Crippen LogP contribution in [0.1, 0.15) is 33.9 Å². The molecule has 3 aromatic rings. The Kier molecular flexibility index (Phi) is 7.06. The van der Waals surface area contributed by atoms with Crippen LogP contribution >= 0.6 is 0 Å². The fourth-order valence-corrected chi connectivity index (χ4v) is 4.50. The molecule has 1 atom stereocenters. The molecule has 35 heavy (non-hydrogen) atoms. The smallest absolute Gasteiger partial charge is 0.328 e. The van der Waals surface area contributed by atoms with Gasteiger partial charge in [0, 0.05) is 43.3 Å². The number of carbonyl (C=O) groups is 1. The number of carboxylic acid groups (broad SMARTS) is 1. The standard InChI is InChI=1S/C28H25F2N3O2/c1-32-17-21(16-31)19-8-9-23-20(15-19)11-12-33(22-5-3-2-4-6-22)28(23)27-24(29)13-18(14-25(27)30)7-10-26(34)35/h2-10,13-17,28H,11-12,31H2,1H3,(H,34,35)/b10-7+,21-16?,32-17?. The molecule has 1 aliphatic rings. The van der Waals surface area contributed by atoms with Gasteiger partial charge in [-0.05, 0) is 59.0 Å². The van der Waals surface area contributed by atoms with Crippen LogP contribution in [0.5, 0.6) is 0 Å². The minimum absolute atomic E-state index is 0.0836. The van der Waals surface area contributed by atoms with E-state index in [2.05, 4.69) is 4.99 Å². The van der Waals surface area contributed by atoms with Crippen molar-refractivity contribution in [2.24, 2.45) is 10.7 Å². The Bertz CT molecular complexity index is 1310. The Labute approximate surface area is 202 Å². The van der Waals surface area contributed by atoms with E-state index >= 15 is 8.78 Å². The molecule has 0 bridgehead atoms. The Hall–Kier alpha value is -4.26. The highest BCUT2D eigenvalue weighted by atomic mass is 19.1. The van der Waals surface area contributed by atoms with Crippen LogP contribution in [0.25, 0.3) is 11.6 Å². The molecule has 4 rings (SSSR count). The Morgan fingerprint density at radius 2 is 1.83 bits per heavy atom. The van der Waals surface area contributed by atoms with Crippen molar-refractivity contribution < 1.29 is 18.7 Å². The highest BCUT2D eigenvalue weighted by Crippen LogP contribution is 2.41. The number of nitrogens with zero attached hydrogens (tertiary/aromatic N) is 2. The van der Waals surface area contributed by atoms with Crippen LogP contribution in [0.2, 0.25) is 0 Å². The molecule has 0 amide bonds. The Morgan fingerprint density at radius 3 is 2.46 bits per heavy atom. The first kappa shape index (κ1) is 23.9. The number of hydrogen-bond donors (Lipinski definition) is 2. The van der Waals surface area contributed by atoms with Crippen LogP contribution in [0.15, 0.2) is 77.9 Å². The minimum Gasteiger partial charge on any atom is -0.478 e. The van der Waals surface area contributed by atoms with Crippen LogP contribution in [0.3, 0.4) is 0 Å². The lowest BCUT2D eigenvalue weighted by atomic mass is 9.85. The molecule has 0 aliphatic carbocycles. The van der Waals surface area contributed by atoms with E-state index in [-0.39, 0.29) is 11.1 Å². The minimum atomic E-state index is -1.19. The molecule has 1 aliphatic heterocycles. The SMILES string of the molecule is CN=CC(=CN)c1ccc2c(c1)CCN(c1ccccc1)C2c1c(F)cc(/C=C/C(=O)O)cc1F. The first-order valence-electron chi connectivity index (χ1n) is 11.1. The quantitative estimate of drug-likeness (QED) is 0.380. The largest absolute Gasteiger partial charge is 0.478 e. The fraction of sp³-hybridized carbons (Fsp3) is 0.143. The van der Waals surface area contributed by atoms with E-state index < -0.39 is 23.6 Å². The number of nitrogens with two attached hydrogens (primary N) is 1. The van der Waals surface area contributed by atoms with Crippen molar-refractivity contribution in [3.63, 3.8) is 0 Å². The maximum atomic E-state index is 15.5. The summed E-state index contributed by atoms with van der Waals surface area (Å²) in [5, 5.41) is 8.85. The first-order chi connectivity index (χ1) is 16.9. The number of carboxylic acids is 1. The summed E-state index contributed by atoms with van der Waals surface area (Å²) in [7, 11) is 1.66. The van der Waals surface area contributed by atoms with Crippen molar-refractivity contribution in [2.45, 2.75) is 12.5 Å². The number of benzene rings is 3. The molecule has 1 unspecified atom stereocenters. The third-order valence-corrected chi connectivity index (χ3v) is 6.03.